The molecule has 100 valence electrons. The molecule has 1 aliphatic carbocycles. The molecule has 5 nitrogen and oxygen atoms in total. The molecule has 0 bridgehead atoms. The maximum Gasteiger partial charge on any atom is 0.314 e. The summed E-state index contributed by atoms with van der Waals surface area (Å²) in [5, 5.41) is 15.0. The van der Waals surface area contributed by atoms with Crippen molar-refractivity contribution in [2.75, 3.05) is 26.8 Å². The number of methoxy groups -OCH3 is 1. The van der Waals surface area contributed by atoms with Gasteiger partial charge in [0.25, 0.3) is 0 Å². The van der Waals surface area contributed by atoms with Crippen LogP contribution in [0.3, 0.4) is 0 Å². The van der Waals surface area contributed by atoms with Crippen LogP contribution in [0.1, 0.15) is 32.6 Å². The summed E-state index contributed by atoms with van der Waals surface area (Å²) in [4.78, 5) is 11.4. The molecule has 2 amide bonds. The van der Waals surface area contributed by atoms with Crippen LogP contribution in [-0.4, -0.2) is 44.0 Å². The average Bonchev–Trinajstić information content (AvgIpc) is 2.24. The van der Waals surface area contributed by atoms with Gasteiger partial charge in [-0.2, -0.15) is 0 Å². The van der Waals surface area contributed by atoms with E-state index in [-0.39, 0.29) is 6.03 Å². The number of aliphatic hydroxyl groups excluding tert-OH is 1. The van der Waals surface area contributed by atoms with E-state index < -0.39 is 6.10 Å². The van der Waals surface area contributed by atoms with Crippen LogP contribution in [0.5, 0.6) is 0 Å². The van der Waals surface area contributed by atoms with Crippen molar-refractivity contribution in [3.63, 3.8) is 0 Å². The van der Waals surface area contributed by atoms with Crippen molar-refractivity contribution in [1.29, 1.82) is 0 Å². The fourth-order valence-corrected chi connectivity index (χ4v) is 1.94. The summed E-state index contributed by atoms with van der Waals surface area (Å²) in [5.41, 5.74) is 0.299. The van der Waals surface area contributed by atoms with Crippen LogP contribution in [0, 0.1) is 5.41 Å². The topological polar surface area (TPSA) is 70.6 Å². The smallest absolute Gasteiger partial charge is 0.314 e. The van der Waals surface area contributed by atoms with Crippen LogP contribution in [0.4, 0.5) is 4.79 Å². The zero-order chi connectivity index (χ0) is 12.7. The van der Waals surface area contributed by atoms with Gasteiger partial charge in [-0.25, -0.2) is 4.79 Å². The SMILES string of the molecule is COCC(O)CCNC(=O)NCC1(C)CCC1. The normalized spacial score (nSPS) is 19.2. The molecule has 1 atom stereocenters. The van der Waals surface area contributed by atoms with E-state index in [0.29, 0.717) is 25.0 Å². The van der Waals surface area contributed by atoms with Gasteiger partial charge in [0.15, 0.2) is 0 Å². The molecule has 17 heavy (non-hydrogen) atoms. The minimum absolute atomic E-state index is 0.150. The van der Waals surface area contributed by atoms with Gasteiger partial charge < -0.3 is 20.5 Å². The van der Waals surface area contributed by atoms with E-state index in [9.17, 15) is 9.90 Å². The molecule has 1 saturated carbocycles. The lowest BCUT2D eigenvalue weighted by Gasteiger charge is -2.38. The van der Waals surface area contributed by atoms with Crippen molar-refractivity contribution in [1.82, 2.24) is 10.6 Å². The summed E-state index contributed by atoms with van der Waals surface area (Å²) in [6.45, 7) is 3.70. The molecule has 1 aliphatic rings. The highest BCUT2D eigenvalue weighted by molar-refractivity contribution is 5.73. The van der Waals surface area contributed by atoms with Gasteiger partial charge in [-0.3, -0.25) is 0 Å². The molecule has 0 saturated heterocycles. The summed E-state index contributed by atoms with van der Waals surface area (Å²) in [5.74, 6) is 0. The van der Waals surface area contributed by atoms with E-state index in [4.69, 9.17) is 4.74 Å². The highest BCUT2D eigenvalue weighted by Crippen LogP contribution is 2.39. The van der Waals surface area contributed by atoms with Crippen LogP contribution < -0.4 is 10.6 Å². The maximum atomic E-state index is 11.4. The Kier molecular flexibility index (Phi) is 5.71. The lowest BCUT2D eigenvalue weighted by atomic mass is 9.70. The molecule has 0 spiro atoms. The number of carbonyl (C=O) groups excluding carboxylic acids is 1. The number of hydrogen-bond acceptors (Lipinski definition) is 3. The maximum absolute atomic E-state index is 11.4. The molecule has 1 rings (SSSR count). The first kappa shape index (κ1) is 14.3. The highest BCUT2D eigenvalue weighted by Gasteiger charge is 2.31. The molecule has 0 aliphatic heterocycles. The van der Waals surface area contributed by atoms with Crippen molar-refractivity contribution < 1.29 is 14.6 Å². The van der Waals surface area contributed by atoms with Crippen LogP contribution >= 0.6 is 0 Å². The van der Waals surface area contributed by atoms with E-state index in [0.717, 1.165) is 6.54 Å². The molecule has 1 fully saturated rings. The van der Waals surface area contributed by atoms with Gasteiger partial charge in [0.2, 0.25) is 0 Å². The second-order valence-corrected chi connectivity index (χ2v) is 5.17. The summed E-state index contributed by atoms with van der Waals surface area (Å²) >= 11 is 0. The number of aliphatic hydroxyl groups is 1. The first-order valence-corrected chi connectivity index (χ1v) is 6.24. The van der Waals surface area contributed by atoms with Gasteiger partial charge in [-0.1, -0.05) is 13.3 Å². The van der Waals surface area contributed by atoms with Crippen molar-refractivity contribution in [3.05, 3.63) is 0 Å². The van der Waals surface area contributed by atoms with Crippen molar-refractivity contribution in [2.45, 2.75) is 38.7 Å². The molecule has 5 heteroatoms. The Balaban J connectivity index is 2.01. The zero-order valence-electron chi connectivity index (χ0n) is 10.8. The Bertz CT molecular complexity index is 242. The standard InChI is InChI=1S/C12H24N2O3/c1-12(5-3-6-12)9-14-11(16)13-7-4-10(15)8-17-2/h10,15H,3-9H2,1-2H3,(H2,13,14,16). The van der Waals surface area contributed by atoms with E-state index in [1.807, 2.05) is 0 Å². The number of hydrogen-bond donors (Lipinski definition) is 3. The monoisotopic (exact) mass is 244 g/mol. The fourth-order valence-electron chi connectivity index (χ4n) is 1.94. The lowest BCUT2D eigenvalue weighted by molar-refractivity contribution is 0.0598. The van der Waals surface area contributed by atoms with Crippen LogP contribution in [0.2, 0.25) is 0 Å². The molecular weight excluding hydrogens is 220 g/mol. The number of urea groups is 1. The van der Waals surface area contributed by atoms with Crippen molar-refractivity contribution in [3.8, 4) is 0 Å². The van der Waals surface area contributed by atoms with Crippen LogP contribution in [0.15, 0.2) is 0 Å². The van der Waals surface area contributed by atoms with E-state index in [2.05, 4.69) is 17.6 Å². The van der Waals surface area contributed by atoms with Gasteiger partial charge in [0.1, 0.15) is 0 Å². The minimum Gasteiger partial charge on any atom is -0.391 e. The van der Waals surface area contributed by atoms with E-state index >= 15 is 0 Å². The van der Waals surface area contributed by atoms with Gasteiger partial charge in [-0.05, 0) is 24.7 Å². The third-order valence-corrected chi connectivity index (χ3v) is 3.36. The Morgan fingerprint density at radius 1 is 1.47 bits per heavy atom. The summed E-state index contributed by atoms with van der Waals surface area (Å²) in [7, 11) is 1.54. The second-order valence-electron chi connectivity index (χ2n) is 5.17. The molecular formula is C12H24N2O3. The van der Waals surface area contributed by atoms with Crippen LogP contribution in [-0.2, 0) is 4.74 Å². The summed E-state index contributed by atoms with van der Waals surface area (Å²) in [6.07, 6.45) is 3.66. The Labute approximate surface area is 103 Å². The lowest BCUT2D eigenvalue weighted by Crippen LogP contribution is -2.44. The molecule has 0 aromatic carbocycles. The second kappa shape index (κ2) is 6.81. The summed E-state index contributed by atoms with van der Waals surface area (Å²) < 4.78 is 4.80. The molecule has 3 N–H and O–H groups in total. The number of amides is 2. The minimum atomic E-state index is -0.510. The molecule has 0 heterocycles. The number of nitrogens with one attached hydrogen (secondary N) is 2. The summed E-state index contributed by atoms with van der Waals surface area (Å²) in [6, 6.07) is -0.150. The van der Waals surface area contributed by atoms with Gasteiger partial charge in [0, 0.05) is 20.2 Å². The number of rotatable bonds is 7. The molecule has 0 radical (unpaired) electrons. The first-order valence-electron chi connectivity index (χ1n) is 6.24. The highest BCUT2D eigenvalue weighted by atomic mass is 16.5. The third kappa shape index (κ3) is 5.37. The molecule has 0 aromatic rings. The number of ether oxygens (including phenoxy) is 1. The van der Waals surface area contributed by atoms with Crippen molar-refractivity contribution in [2.24, 2.45) is 5.41 Å². The van der Waals surface area contributed by atoms with Gasteiger partial charge >= 0.3 is 6.03 Å². The Hall–Kier alpha value is -0.810. The number of carbonyl (C=O) groups is 1. The predicted octanol–water partition coefficient (Wildman–Crippen LogP) is 0.873. The van der Waals surface area contributed by atoms with Crippen LogP contribution in [0.25, 0.3) is 0 Å². The average molecular weight is 244 g/mol. The molecule has 0 aromatic heterocycles. The van der Waals surface area contributed by atoms with Gasteiger partial charge in [-0.15, -0.1) is 0 Å². The van der Waals surface area contributed by atoms with Crippen molar-refractivity contribution >= 4 is 6.03 Å². The Morgan fingerprint density at radius 2 is 2.18 bits per heavy atom. The quantitative estimate of drug-likeness (QED) is 0.622. The first-order chi connectivity index (χ1) is 8.06. The molecule has 1 unspecified atom stereocenters. The zero-order valence-corrected chi connectivity index (χ0v) is 10.8. The van der Waals surface area contributed by atoms with E-state index in [1.54, 1.807) is 7.11 Å². The fraction of sp³-hybridized carbons (Fsp3) is 0.917. The third-order valence-electron chi connectivity index (χ3n) is 3.36. The largest absolute Gasteiger partial charge is 0.391 e. The van der Waals surface area contributed by atoms with E-state index in [1.165, 1.54) is 19.3 Å². The van der Waals surface area contributed by atoms with Gasteiger partial charge in [0.05, 0.1) is 12.7 Å². The Morgan fingerprint density at radius 3 is 2.71 bits per heavy atom. The predicted molar refractivity (Wildman–Crippen MR) is 65.9 cm³/mol.